The van der Waals surface area contributed by atoms with Gasteiger partial charge in [0.1, 0.15) is 5.82 Å². The fraction of sp³-hybridized carbons (Fsp3) is 0.357. The lowest BCUT2D eigenvalue weighted by Crippen LogP contribution is -2.18. The van der Waals surface area contributed by atoms with Gasteiger partial charge in [-0.1, -0.05) is 11.6 Å². The molecule has 0 amide bonds. The molecule has 3 rings (SSSR count). The number of nitrogens with zero attached hydrogens (tertiary/aromatic N) is 2. The van der Waals surface area contributed by atoms with Crippen molar-refractivity contribution in [1.82, 2.24) is 9.78 Å². The van der Waals surface area contributed by atoms with Crippen LogP contribution in [-0.4, -0.2) is 9.78 Å². The Hall–Kier alpha value is -1.55. The number of aromatic nitrogens is 2. The standard InChI is InChI=1S/C14H15ClFN3/c1-19-14-4-2-3-12(10(14)8-17-19)18-13-6-5-9(15)7-11(13)16/h5-8,12,18H,2-4H2,1H3. The molecule has 0 radical (unpaired) electrons. The first-order valence-corrected chi connectivity index (χ1v) is 6.75. The summed E-state index contributed by atoms with van der Waals surface area (Å²) in [5.41, 5.74) is 2.90. The molecule has 1 aliphatic rings. The third-order valence-corrected chi connectivity index (χ3v) is 3.87. The molecule has 0 spiro atoms. The predicted molar refractivity (Wildman–Crippen MR) is 73.9 cm³/mol. The molecule has 1 aromatic carbocycles. The second-order valence-corrected chi connectivity index (χ2v) is 5.32. The molecule has 0 saturated carbocycles. The highest BCUT2D eigenvalue weighted by atomic mass is 35.5. The predicted octanol–water partition coefficient (Wildman–Crippen LogP) is 3.70. The molecule has 1 N–H and O–H groups in total. The highest BCUT2D eigenvalue weighted by Gasteiger charge is 2.23. The zero-order valence-electron chi connectivity index (χ0n) is 10.7. The summed E-state index contributed by atoms with van der Waals surface area (Å²) in [6, 6.07) is 4.83. The summed E-state index contributed by atoms with van der Waals surface area (Å²) >= 11 is 5.76. The van der Waals surface area contributed by atoms with Crippen molar-refractivity contribution in [1.29, 1.82) is 0 Å². The topological polar surface area (TPSA) is 29.9 Å². The van der Waals surface area contributed by atoms with Crippen molar-refractivity contribution in [3.8, 4) is 0 Å². The van der Waals surface area contributed by atoms with Crippen LogP contribution in [0.5, 0.6) is 0 Å². The Bertz CT molecular complexity index is 609. The summed E-state index contributed by atoms with van der Waals surface area (Å²) in [6.07, 6.45) is 4.98. The van der Waals surface area contributed by atoms with Gasteiger partial charge in [0.25, 0.3) is 0 Å². The first-order valence-electron chi connectivity index (χ1n) is 6.37. The first-order chi connectivity index (χ1) is 9.15. The smallest absolute Gasteiger partial charge is 0.147 e. The van der Waals surface area contributed by atoms with Crippen molar-refractivity contribution in [2.75, 3.05) is 5.32 Å². The van der Waals surface area contributed by atoms with Gasteiger partial charge < -0.3 is 5.32 Å². The Balaban J connectivity index is 1.88. The van der Waals surface area contributed by atoms with E-state index in [0.29, 0.717) is 10.7 Å². The highest BCUT2D eigenvalue weighted by molar-refractivity contribution is 6.30. The van der Waals surface area contributed by atoms with E-state index in [-0.39, 0.29) is 11.9 Å². The van der Waals surface area contributed by atoms with Gasteiger partial charge in [0.2, 0.25) is 0 Å². The fourth-order valence-electron chi connectivity index (χ4n) is 2.65. The van der Waals surface area contributed by atoms with E-state index in [1.165, 1.54) is 17.3 Å². The van der Waals surface area contributed by atoms with Crippen molar-refractivity contribution < 1.29 is 4.39 Å². The minimum atomic E-state index is -0.316. The monoisotopic (exact) mass is 279 g/mol. The van der Waals surface area contributed by atoms with Crippen LogP contribution in [0.25, 0.3) is 0 Å². The lowest BCUT2D eigenvalue weighted by Gasteiger charge is -2.25. The van der Waals surface area contributed by atoms with Crippen LogP contribution in [0.1, 0.15) is 30.1 Å². The van der Waals surface area contributed by atoms with Crippen LogP contribution in [0.15, 0.2) is 24.4 Å². The third-order valence-electron chi connectivity index (χ3n) is 3.64. The maximum absolute atomic E-state index is 13.8. The largest absolute Gasteiger partial charge is 0.376 e. The summed E-state index contributed by atoms with van der Waals surface area (Å²) in [5.74, 6) is -0.316. The normalized spacial score (nSPS) is 18.2. The van der Waals surface area contributed by atoms with Crippen molar-refractivity contribution >= 4 is 17.3 Å². The summed E-state index contributed by atoms with van der Waals surface area (Å²) < 4.78 is 15.7. The van der Waals surface area contributed by atoms with Crippen molar-refractivity contribution in [3.05, 3.63) is 46.5 Å². The molecule has 1 aromatic heterocycles. The Labute approximate surface area is 116 Å². The summed E-state index contributed by atoms with van der Waals surface area (Å²) in [7, 11) is 1.95. The van der Waals surface area contributed by atoms with E-state index in [0.717, 1.165) is 19.3 Å². The number of fused-ring (bicyclic) bond motifs is 1. The average Bonchev–Trinajstić information content (AvgIpc) is 2.76. The molecule has 5 heteroatoms. The van der Waals surface area contributed by atoms with Crippen LogP contribution in [0, 0.1) is 5.82 Å². The Morgan fingerprint density at radius 3 is 3.11 bits per heavy atom. The van der Waals surface area contributed by atoms with Crippen molar-refractivity contribution in [2.45, 2.75) is 25.3 Å². The SMILES string of the molecule is Cn1ncc2c1CCCC2Nc1ccc(Cl)cc1F. The zero-order valence-corrected chi connectivity index (χ0v) is 11.4. The number of nitrogens with one attached hydrogen (secondary N) is 1. The molecule has 1 unspecified atom stereocenters. The molecular weight excluding hydrogens is 265 g/mol. The van der Waals surface area contributed by atoms with E-state index in [2.05, 4.69) is 10.4 Å². The van der Waals surface area contributed by atoms with E-state index in [9.17, 15) is 4.39 Å². The van der Waals surface area contributed by atoms with Crippen LogP contribution in [-0.2, 0) is 13.5 Å². The van der Waals surface area contributed by atoms with Crippen LogP contribution in [0.4, 0.5) is 10.1 Å². The molecule has 0 fully saturated rings. The van der Waals surface area contributed by atoms with Crippen LogP contribution in [0.3, 0.4) is 0 Å². The van der Waals surface area contributed by atoms with Crippen LogP contribution < -0.4 is 5.32 Å². The minimum absolute atomic E-state index is 0.119. The van der Waals surface area contributed by atoms with Gasteiger partial charge in [0.05, 0.1) is 17.9 Å². The van der Waals surface area contributed by atoms with Crippen molar-refractivity contribution in [3.63, 3.8) is 0 Å². The molecule has 1 aliphatic carbocycles. The zero-order chi connectivity index (χ0) is 13.4. The molecular formula is C14H15ClFN3. The number of benzene rings is 1. The fourth-order valence-corrected chi connectivity index (χ4v) is 2.81. The van der Waals surface area contributed by atoms with Gasteiger partial charge in [0.15, 0.2) is 0 Å². The molecule has 3 nitrogen and oxygen atoms in total. The Morgan fingerprint density at radius 2 is 2.32 bits per heavy atom. The molecule has 100 valence electrons. The molecule has 2 aromatic rings. The lowest BCUT2D eigenvalue weighted by molar-refractivity contribution is 0.564. The van der Waals surface area contributed by atoms with Gasteiger partial charge >= 0.3 is 0 Å². The summed E-state index contributed by atoms with van der Waals surface area (Å²) in [5, 5.41) is 7.96. The van der Waals surface area contributed by atoms with Gasteiger partial charge in [-0.05, 0) is 37.5 Å². The van der Waals surface area contributed by atoms with Gasteiger partial charge in [-0.25, -0.2) is 4.39 Å². The molecule has 0 saturated heterocycles. The quantitative estimate of drug-likeness (QED) is 0.908. The molecule has 0 aliphatic heterocycles. The number of rotatable bonds is 2. The van der Waals surface area contributed by atoms with Crippen molar-refractivity contribution in [2.24, 2.45) is 7.05 Å². The number of halogens is 2. The minimum Gasteiger partial charge on any atom is -0.376 e. The van der Waals surface area contributed by atoms with Gasteiger partial charge in [-0.15, -0.1) is 0 Å². The van der Waals surface area contributed by atoms with E-state index in [1.54, 1.807) is 12.1 Å². The van der Waals surface area contributed by atoms with E-state index >= 15 is 0 Å². The average molecular weight is 280 g/mol. The number of hydrogen-bond donors (Lipinski definition) is 1. The van der Waals surface area contributed by atoms with Crippen LogP contribution >= 0.6 is 11.6 Å². The van der Waals surface area contributed by atoms with E-state index < -0.39 is 0 Å². The van der Waals surface area contributed by atoms with Gasteiger partial charge in [0, 0.05) is 23.3 Å². The third kappa shape index (κ3) is 2.32. The first kappa shape index (κ1) is 12.5. The van der Waals surface area contributed by atoms with E-state index in [4.69, 9.17) is 11.6 Å². The number of aryl methyl sites for hydroxylation is 1. The molecule has 1 atom stereocenters. The maximum Gasteiger partial charge on any atom is 0.147 e. The Morgan fingerprint density at radius 1 is 1.47 bits per heavy atom. The number of anilines is 1. The Kier molecular flexibility index (Phi) is 3.19. The molecule has 1 heterocycles. The highest BCUT2D eigenvalue weighted by Crippen LogP contribution is 2.33. The summed E-state index contributed by atoms with van der Waals surface area (Å²) in [6.45, 7) is 0. The number of hydrogen-bond acceptors (Lipinski definition) is 2. The van der Waals surface area contributed by atoms with E-state index in [1.807, 2.05) is 17.9 Å². The second kappa shape index (κ2) is 4.85. The second-order valence-electron chi connectivity index (χ2n) is 4.88. The molecule has 19 heavy (non-hydrogen) atoms. The summed E-state index contributed by atoms with van der Waals surface area (Å²) in [4.78, 5) is 0. The van der Waals surface area contributed by atoms with Gasteiger partial charge in [-0.3, -0.25) is 4.68 Å². The lowest BCUT2D eigenvalue weighted by atomic mass is 9.93. The van der Waals surface area contributed by atoms with Crippen LogP contribution in [0.2, 0.25) is 5.02 Å². The maximum atomic E-state index is 13.8. The van der Waals surface area contributed by atoms with Gasteiger partial charge in [-0.2, -0.15) is 5.10 Å². The molecule has 0 bridgehead atoms.